The molecule has 0 aromatic heterocycles. The molecule has 2 aliphatic rings. The van der Waals surface area contributed by atoms with Gasteiger partial charge in [0.25, 0.3) is 0 Å². The number of carboxylic acid groups (broad SMARTS) is 1. The number of amides is 1. The van der Waals surface area contributed by atoms with Gasteiger partial charge in [0.05, 0.1) is 13.0 Å². The Kier molecular flexibility index (Phi) is 3.64. The number of benzene rings is 1. The summed E-state index contributed by atoms with van der Waals surface area (Å²) in [4.78, 5) is 23.9. The van der Waals surface area contributed by atoms with Crippen LogP contribution in [0, 0.1) is 30.6 Å². The summed E-state index contributed by atoms with van der Waals surface area (Å²) in [6, 6.07) is 5.36. The summed E-state index contributed by atoms with van der Waals surface area (Å²) in [6.45, 7) is 1.87. The lowest BCUT2D eigenvalue weighted by atomic mass is 9.82. The van der Waals surface area contributed by atoms with Crippen molar-refractivity contribution in [2.45, 2.75) is 13.3 Å². The van der Waals surface area contributed by atoms with E-state index in [-0.39, 0.29) is 17.7 Å². The first-order valence-electron chi connectivity index (χ1n) is 7.36. The number of fused-ring (bicyclic) bond motifs is 2. The summed E-state index contributed by atoms with van der Waals surface area (Å²) in [7, 11) is 1.58. The Labute approximate surface area is 129 Å². The van der Waals surface area contributed by atoms with E-state index in [2.05, 4.69) is 5.32 Å². The predicted molar refractivity (Wildman–Crippen MR) is 79.1 cm³/mol. The van der Waals surface area contributed by atoms with Crippen LogP contribution in [-0.4, -0.2) is 19.0 Å². The lowest BCUT2D eigenvalue weighted by molar-refractivity contribution is -0.313. The number of nitrogens with one attached hydrogen (secondary N) is 1. The van der Waals surface area contributed by atoms with Gasteiger partial charge in [-0.05, 0) is 48.9 Å². The van der Waals surface area contributed by atoms with Crippen LogP contribution >= 0.6 is 0 Å². The lowest BCUT2D eigenvalue weighted by Gasteiger charge is -2.28. The number of hydrogen-bond donors (Lipinski definition) is 1. The first-order chi connectivity index (χ1) is 10.5. The second kappa shape index (κ2) is 5.48. The molecule has 116 valence electrons. The third kappa shape index (κ3) is 2.36. The monoisotopic (exact) mass is 300 g/mol. The molecule has 2 bridgehead atoms. The normalized spacial score (nSPS) is 28.6. The SMILES string of the molecule is COc1ccc(NC(=O)[C@H]2[C@@H](C(=O)[O-])[C@H]3C=C[C@H]2C3)c(C)c1. The Morgan fingerprint density at radius 1 is 1.23 bits per heavy atom. The minimum absolute atomic E-state index is 0.00791. The van der Waals surface area contributed by atoms with Gasteiger partial charge in [0, 0.05) is 17.6 Å². The second-order valence-electron chi connectivity index (χ2n) is 5.99. The van der Waals surface area contributed by atoms with Crippen LogP contribution < -0.4 is 15.2 Å². The molecule has 1 amide bonds. The van der Waals surface area contributed by atoms with Crippen molar-refractivity contribution in [2.75, 3.05) is 12.4 Å². The maximum Gasteiger partial charge on any atom is 0.228 e. The molecule has 5 heteroatoms. The molecule has 0 spiro atoms. The largest absolute Gasteiger partial charge is 0.550 e. The van der Waals surface area contributed by atoms with Gasteiger partial charge < -0.3 is 20.0 Å². The van der Waals surface area contributed by atoms with E-state index < -0.39 is 17.8 Å². The molecular formula is C17H18NO4-. The number of rotatable bonds is 4. The zero-order valence-electron chi connectivity index (χ0n) is 12.5. The molecule has 2 aliphatic carbocycles. The number of carboxylic acids is 1. The lowest BCUT2D eigenvalue weighted by Crippen LogP contribution is -2.42. The van der Waals surface area contributed by atoms with Gasteiger partial charge in [-0.15, -0.1) is 0 Å². The Morgan fingerprint density at radius 3 is 2.50 bits per heavy atom. The van der Waals surface area contributed by atoms with Gasteiger partial charge in [-0.3, -0.25) is 4.79 Å². The summed E-state index contributed by atoms with van der Waals surface area (Å²) in [6.07, 6.45) is 4.57. The number of anilines is 1. The molecule has 0 heterocycles. The zero-order chi connectivity index (χ0) is 15.9. The van der Waals surface area contributed by atoms with Gasteiger partial charge in [0.1, 0.15) is 5.75 Å². The van der Waals surface area contributed by atoms with E-state index in [1.165, 1.54) is 0 Å². The minimum atomic E-state index is -1.14. The third-order valence-corrected chi connectivity index (χ3v) is 4.73. The van der Waals surface area contributed by atoms with Crippen molar-refractivity contribution in [3.05, 3.63) is 35.9 Å². The maximum absolute atomic E-state index is 12.6. The molecule has 0 radical (unpaired) electrons. The van der Waals surface area contributed by atoms with Gasteiger partial charge >= 0.3 is 0 Å². The molecule has 5 nitrogen and oxygen atoms in total. The van der Waals surface area contributed by atoms with E-state index in [0.717, 1.165) is 12.0 Å². The van der Waals surface area contributed by atoms with Crippen LogP contribution in [0.2, 0.25) is 0 Å². The molecule has 3 rings (SSSR count). The first kappa shape index (κ1) is 14.6. The van der Waals surface area contributed by atoms with Crippen molar-refractivity contribution < 1.29 is 19.4 Å². The van der Waals surface area contributed by atoms with E-state index in [1.54, 1.807) is 19.2 Å². The van der Waals surface area contributed by atoms with E-state index in [1.807, 2.05) is 25.1 Å². The Balaban J connectivity index is 1.80. The van der Waals surface area contributed by atoms with Crippen molar-refractivity contribution in [1.29, 1.82) is 0 Å². The number of hydrogen-bond acceptors (Lipinski definition) is 4. The average molecular weight is 300 g/mol. The van der Waals surface area contributed by atoms with Crippen LogP contribution in [0.25, 0.3) is 0 Å². The number of carbonyl (C=O) groups is 2. The molecular weight excluding hydrogens is 282 g/mol. The van der Waals surface area contributed by atoms with Gasteiger partial charge in [-0.25, -0.2) is 0 Å². The summed E-state index contributed by atoms with van der Waals surface area (Å²) < 4.78 is 5.14. The highest BCUT2D eigenvalue weighted by Crippen LogP contribution is 2.48. The fraction of sp³-hybridized carbons (Fsp3) is 0.412. The standard InChI is InChI=1S/C17H19NO4/c1-9-7-12(22-2)5-6-13(9)18-16(19)14-10-3-4-11(8-10)15(14)17(20)21/h3-7,10-11,14-15H,8H2,1-2H3,(H,18,19)(H,20,21)/p-1/t10-,11-,14+,15-/m0/s1. The maximum atomic E-state index is 12.6. The molecule has 1 aromatic rings. The fourth-order valence-corrected chi connectivity index (χ4v) is 3.62. The van der Waals surface area contributed by atoms with Crippen LogP contribution in [0.15, 0.2) is 30.4 Å². The van der Waals surface area contributed by atoms with E-state index in [0.29, 0.717) is 11.4 Å². The molecule has 0 aliphatic heterocycles. The van der Waals surface area contributed by atoms with Crippen molar-refractivity contribution in [3.8, 4) is 5.75 Å². The summed E-state index contributed by atoms with van der Waals surface area (Å²) in [5.74, 6) is -2.04. The second-order valence-corrected chi connectivity index (χ2v) is 5.99. The third-order valence-electron chi connectivity index (χ3n) is 4.73. The number of carbonyl (C=O) groups excluding carboxylic acids is 2. The molecule has 0 saturated heterocycles. The van der Waals surface area contributed by atoms with Crippen molar-refractivity contribution in [3.63, 3.8) is 0 Å². The summed E-state index contributed by atoms with van der Waals surface area (Å²) in [5, 5.41) is 14.2. The topological polar surface area (TPSA) is 78.5 Å². The van der Waals surface area contributed by atoms with Crippen LogP contribution in [0.3, 0.4) is 0 Å². The molecule has 0 unspecified atom stereocenters. The van der Waals surface area contributed by atoms with Crippen molar-refractivity contribution in [2.24, 2.45) is 23.7 Å². The van der Waals surface area contributed by atoms with Crippen molar-refractivity contribution >= 4 is 17.6 Å². The summed E-state index contributed by atoms with van der Waals surface area (Å²) in [5.41, 5.74) is 1.55. The number of allylic oxidation sites excluding steroid dienone is 2. The highest BCUT2D eigenvalue weighted by molar-refractivity contribution is 5.96. The van der Waals surface area contributed by atoms with E-state index in [9.17, 15) is 14.7 Å². The quantitative estimate of drug-likeness (QED) is 0.846. The Morgan fingerprint density at radius 2 is 1.91 bits per heavy atom. The van der Waals surface area contributed by atoms with Crippen molar-refractivity contribution in [1.82, 2.24) is 0 Å². The average Bonchev–Trinajstić information content (AvgIpc) is 3.09. The fourth-order valence-electron chi connectivity index (χ4n) is 3.62. The van der Waals surface area contributed by atoms with Gasteiger partial charge in [-0.1, -0.05) is 12.2 Å². The van der Waals surface area contributed by atoms with Crippen LogP contribution in [-0.2, 0) is 9.59 Å². The molecule has 1 N–H and O–H groups in total. The Bertz CT molecular complexity index is 652. The number of ether oxygens (including phenoxy) is 1. The molecule has 1 saturated carbocycles. The predicted octanol–water partition coefficient (Wildman–Crippen LogP) is 1.13. The van der Waals surface area contributed by atoms with Crippen LogP contribution in [0.1, 0.15) is 12.0 Å². The number of aliphatic carboxylic acids is 1. The van der Waals surface area contributed by atoms with E-state index in [4.69, 9.17) is 4.74 Å². The molecule has 22 heavy (non-hydrogen) atoms. The highest BCUT2D eigenvalue weighted by Gasteiger charge is 2.48. The van der Waals surface area contributed by atoms with Gasteiger partial charge in [-0.2, -0.15) is 0 Å². The van der Waals surface area contributed by atoms with Crippen LogP contribution in [0.4, 0.5) is 5.69 Å². The Hall–Kier alpha value is -2.30. The van der Waals surface area contributed by atoms with Gasteiger partial charge in [0.15, 0.2) is 0 Å². The number of methoxy groups -OCH3 is 1. The summed E-state index contributed by atoms with van der Waals surface area (Å²) >= 11 is 0. The van der Waals surface area contributed by atoms with Gasteiger partial charge in [0.2, 0.25) is 5.91 Å². The molecule has 4 atom stereocenters. The highest BCUT2D eigenvalue weighted by atomic mass is 16.5. The molecule has 1 fully saturated rings. The van der Waals surface area contributed by atoms with Crippen LogP contribution in [0.5, 0.6) is 5.75 Å². The smallest absolute Gasteiger partial charge is 0.228 e. The van der Waals surface area contributed by atoms with E-state index >= 15 is 0 Å². The zero-order valence-corrected chi connectivity index (χ0v) is 12.5. The molecule has 1 aromatic carbocycles. The first-order valence-corrected chi connectivity index (χ1v) is 7.36. The number of aryl methyl sites for hydroxylation is 1. The minimum Gasteiger partial charge on any atom is -0.550 e.